The molecule has 102 valence electrons. The fourth-order valence-corrected chi connectivity index (χ4v) is 3.63. The third-order valence-electron chi connectivity index (χ3n) is 3.02. The molecule has 3 rings (SSSR count). The van der Waals surface area contributed by atoms with E-state index in [1.807, 2.05) is 12.1 Å². The number of rotatable bonds is 5. The van der Waals surface area contributed by atoms with Crippen molar-refractivity contribution in [1.29, 1.82) is 0 Å². The molecule has 0 spiro atoms. The van der Waals surface area contributed by atoms with Crippen molar-refractivity contribution < 1.29 is 5.11 Å². The van der Waals surface area contributed by atoms with Crippen LogP contribution in [-0.4, -0.2) is 5.11 Å². The van der Waals surface area contributed by atoms with Gasteiger partial charge in [0.15, 0.2) is 0 Å². The Balaban J connectivity index is 1.55. The van der Waals surface area contributed by atoms with Gasteiger partial charge in [0.05, 0.1) is 0 Å². The van der Waals surface area contributed by atoms with Crippen LogP contribution in [0.1, 0.15) is 10.4 Å². The van der Waals surface area contributed by atoms with Gasteiger partial charge in [0.25, 0.3) is 0 Å². The van der Waals surface area contributed by atoms with Crippen molar-refractivity contribution in [3.8, 4) is 16.2 Å². The first-order valence-corrected chi connectivity index (χ1v) is 8.17. The second kappa shape index (κ2) is 6.22. The summed E-state index contributed by atoms with van der Waals surface area (Å²) in [5.41, 5.74) is 2.49. The number of hydrogen-bond acceptors (Lipinski definition) is 4. The van der Waals surface area contributed by atoms with Gasteiger partial charge >= 0.3 is 0 Å². The number of benzene rings is 1. The minimum atomic E-state index is 0.313. The monoisotopic (exact) mass is 301 g/mol. The molecule has 0 unspecified atom stereocenters. The molecule has 0 fully saturated rings. The Morgan fingerprint density at radius 2 is 1.85 bits per heavy atom. The number of aromatic hydroxyl groups is 1. The van der Waals surface area contributed by atoms with Gasteiger partial charge in [-0.1, -0.05) is 18.2 Å². The smallest absolute Gasteiger partial charge is 0.115 e. The summed E-state index contributed by atoms with van der Waals surface area (Å²) >= 11 is 3.56. The standard InChI is InChI=1S/C16H15NOS2/c18-14-5-3-12(4-6-14)9-17-10-15-8-13(11-20-15)16-2-1-7-19-16/h1-8,11,17-18H,9-10H2. The van der Waals surface area contributed by atoms with E-state index in [2.05, 4.69) is 34.3 Å². The topological polar surface area (TPSA) is 32.3 Å². The Morgan fingerprint density at radius 1 is 1.00 bits per heavy atom. The van der Waals surface area contributed by atoms with Crippen LogP contribution in [0.2, 0.25) is 0 Å². The van der Waals surface area contributed by atoms with Crippen LogP contribution in [0.15, 0.2) is 53.2 Å². The molecule has 0 saturated carbocycles. The third-order valence-corrected chi connectivity index (χ3v) is 4.88. The van der Waals surface area contributed by atoms with Gasteiger partial charge in [-0.25, -0.2) is 0 Å². The molecule has 0 bridgehead atoms. The Kier molecular flexibility index (Phi) is 4.16. The van der Waals surface area contributed by atoms with Crippen LogP contribution >= 0.6 is 22.7 Å². The van der Waals surface area contributed by atoms with E-state index in [4.69, 9.17) is 0 Å². The quantitative estimate of drug-likeness (QED) is 0.728. The van der Waals surface area contributed by atoms with Gasteiger partial charge in [0.2, 0.25) is 0 Å². The molecule has 3 aromatic rings. The molecule has 1 aromatic carbocycles. The molecule has 0 aliphatic rings. The molecule has 0 atom stereocenters. The normalized spacial score (nSPS) is 10.8. The van der Waals surface area contributed by atoms with Gasteiger partial charge in [-0.2, -0.15) is 0 Å². The molecule has 2 N–H and O–H groups in total. The van der Waals surface area contributed by atoms with Crippen molar-refractivity contribution in [2.24, 2.45) is 0 Å². The first kappa shape index (κ1) is 13.4. The summed E-state index contributed by atoms with van der Waals surface area (Å²) in [7, 11) is 0. The van der Waals surface area contributed by atoms with Crippen molar-refractivity contribution >= 4 is 22.7 Å². The second-order valence-corrected chi connectivity index (χ2v) is 6.49. The van der Waals surface area contributed by atoms with E-state index in [1.165, 1.54) is 20.9 Å². The molecule has 20 heavy (non-hydrogen) atoms. The van der Waals surface area contributed by atoms with Crippen molar-refractivity contribution in [3.05, 3.63) is 63.7 Å². The number of thiophene rings is 2. The predicted molar refractivity (Wildman–Crippen MR) is 86.3 cm³/mol. The molecular formula is C16H15NOS2. The first-order valence-electron chi connectivity index (χ1n) is 6.41. The van der Waals surface area contributed by atoms with Crippen LogP contribution in [0.3, 0.4) is 0 Å². The highest BCUT2D eigenvalue weighted by Gasteiger charge is 2.03. The van der Waals surface area contributed by atoms with E-state index in [-0.39, 0.29) is 0 Å². The lowest BCUT2D eigenvalue weighted by atomic mass is 10.2. The van der Waals surface area contributed by atoms with Gasteiger partial charge in [-0.05, 0) is 40.6 Å². The zero-order chi connectivity index (χ0) is 13.8. The molecule has 2 heterocycles. The van der Waals surface area contributed by atoms with Crippen LogP contribution in [0, 0.1) is 0 Å². The molecule has 2 nitrogen and oxygen atoms in total. The number of nitrogens with one attached hydrogen (secondary N) is 1. The molecule has 0 aliphatic carbocycles. The van der Waals surface area contributed by atoms with Crippen LogP contribution in [0.5, 0.6) is 5.75 Å². The Labute approximate surface area is 126 Å². The molecule has 0 amide bonds. The lowest BCUT2D eigenvalue weighted by Crippen LogP contribution is -2.11. The summed E-state index contributed by atoms with van der Waals surface area (Å²) in [5, 5.41) is 17.0. The van der Waals surface area contributed by atoms with Crippen LogP contribution in [0.25, 0.3) is 10.4 Å². The number of hydrogen-bond donors (Lipinski definition) is 2. The fraction of sp³-hybridized carbons (Fsp3) is 0.125. The summed E-state index contributed by atoms with van der Waals surface area (Å²) in [4.78, 5) is 2.67. The summed E-state index contributed by atoms with van der Waals surface area (Å²) in [6.45, 7) is 1.68. The van der Waals surface area contributed by atoms with Crippen molar-refractivity contribution in [1.82, 2.24) is 5.32 Å². The number of phenols is 1. The largest absolute Gasteiger partial charge is 0.508 e. The molecule has 4 heteroatoms. The van der Waals surface area contributed by atoms with Gasteiger partial charge in [0.1, 0.15) is 5.75 Å². The lowest BCUT2D eigenvalue weighted by molar-refractivity contribution is 0.475. The zero-order valence-corrected chi connectivity index (χ0v) is 12.5. The van der Waals surface area contributed by atoms with E-state index in [0.29, 0.717) is 5.75 Å². The molecule has 0 saturated heterocycles. The Morgan fingerprint density at radius 3 is 2.60 bits per heavy atom. The maximum Gasteiger partial charge on any atom is 0.115 e. The van der Waals surface area contributed by atoms with E-state index < -0.39 is 0 Å². The predicted octanol–water partition coefficient (Wildman–Crippen LogP) is 4.47. The Hall–Kier alpha value is -1.62. The lowest BCUT2D eigenvalue weighted by Gasteiger charge is -2.03. The molecular weight excluding hydrogens is 286 g/mol. The highest BCUT2D eigenvalue weighted by Crippen LogP contribution is 2.29. The van der Waals surface area contributed by atoms with Crippen LogP contribution in [-0.2, 0) is 13.1 Å². The van der Waals surface area contributed by atoms with Gasteiger partial charge < -0.3 is 10.4 Å². The van der Waals surface area contributed by atoms with Gasteiger partial charge in [-0.15, -0.1) is 22.7 Å². The highest BCUT2D eigenvalue weighted by molar-refractivity contribution is 7.14. The fourth-order valence-electron chi connectivity index (χ4n) is 1.99. The first-order chi connectivity index (χ1) is 9.81. The minimum absolute atomic E-state index is 0.313. The summed E-state index contributed by atoms with van der Waals surface area (Å²) in [6.07, 6.45) is 0. The van der Waals surface area contributed by atoms with E-state index in [0.717, 1.165) is 13.1 Å². The maximum atomic E-state index is 9.24. The SMILES string of the molecule is Oc1ccc(CNCc2cc(-c3cccs3)cs2)cc1. The molecule has 0 aliphatic heterocycles. The summed E-state index contributed by atoms with van der Waals surface area (Å²) < 4.78 is 0. The van der Waals surface area contributed by atoms with E-state index >= 15 is 0 Å². The van der Waals surface area contributed by atoms with Crippen LogP contribution in [0.4, 0.5) is 0 Å². The van der Waals surface area contributed by atoms with Crippen molar-refractivity contribution in [2.75, 3.05) is 0 Å². The molecule has 0 radical (unpaired) electrons. The molecule has 2 aromatic heterocycles. The van der Waals surface area contributed by atoms with Crippen molar-refractivity contribution in [3.63, 3.8) is 0 Å². The summed E-state index contributed by atoms with van der Waals surface area (Å²) in [6, 6.07) is 13.8. The summed E-state index contributed by atoms with van der Waals surface area (Å²) in [5.74, 6) is 0.313. The van der Waals surface area contributed by atoms with Gasteiger partial charge in [0, 0.05) is 28.4 Å². The Bertz CT molecular complexity index is 656. The highest BCUT2D eigenvalue weighted by atomic mass is 32.1. The van der Waals surface area contributed by atoms with Crippen molar-refractivity contribution in [2.45, 2.75) is 13.1 Å². The second-order valence-electron chi connectivity index (χ2n) is 4.55. The number of phenolic OH excluding ortho intramolecular Hbond substituents is 1. The zero-order valence-electron chi connectivity index (χ0n) is 10.9. The van der Waals surface area contributed by atoms with E-state index in [9.17, 15) is 5.11 Å². The maximum absolute atomic E-state index is 9.24. The third kappa shape index (κ3) is 3.28. The van der Waals surface area contributed by atoms with Crippen LogP contribution < -0.4 is 5.32 Å². The van der Waals surface area contributed by atoms with E-state index in [1.54, 1.807) is 34.8 Å². The minimum Gasteiger partial charge on any atom is -0.508 e. The average molecular weight is 301 g/mol. The van der Waals surface area contributed by atoms with Gasteiger partial charge in [-0.3, -0.25) is 0 Å². The average Bonchev–Trinajstić information content (AvgIpc) is 3.11.